The highest BCUT2D eigenvalue weighted by atomic mass is 19.1. The van der Waals surface area contributed by atoms with E-state index in [9.17, 15) is 18.8 Å². The summed E-state index contributed by atoms with van der Waals surface area (Å²) >= 11 is 0. The van der Waals surface area contributed by atoms with Gasteiger partial charge < -0.3 is 9.30 Å². The van der Waals surface area contributed by atoms with Gasteiger partial charge in [-0.25, -0.2) is 14.2 Å². The SMILES string of the molecule is CCOC(=O)C1=Cn2ccnc2C(C(=O)c2cccc(F)c2)C1=O. The molecule has 0 saturated heterocycles. The van der Waals surface area contributed by atoms with E-state index in [-0.39, 0.29) is 23.6 Å². The number of imidazole rings is 1. The molecule has 7 heteroatoms. The predicted molar refractivity (Wildman–Crippen MR) is 81.6 cm³/mol. The first-order valence-corrected chi connectivity index (χ1v) is 7.28. The van der Waals surface area contributed by atoms with E-state index in [1.165, 1.54) is 41.4 Å². The lowest BCUT2D eigenvalue weighted by atomic mass is 9.87. The summed E-state index contributed by atoms with van der Waals surface area (Å²) in [5.74, 6) is -3.86. The van der Waals surface area contributed by atoms with E-state index in [1.54, 1.807) is 6.92 Å². The van der Waals surface area contributed by atoms with Gasteiger partial charge in [-0.2, -0.15) is 0 Å². The molecule has 1 aromatic carbocycles. The minimum Gasteiger partial charge on any atom is -0.462 e. The van der Waals surface area contributed by atoms with Gasteiger partial charge >= 0.3 is 5.97 Å². The Bertz CT molecular complexity index is 869. The van der Waals surface area contributed by atoms with Crippen molar-refractivity contribution in [3.8, 4) is 0 Å². The number of carbonyl (C=O) groups is 3. The molecule has 1 aliphatic rings. The van der Waals surface area contributed by atoms with Crippen molar-refractivity contribution >= 4 is 23.7 Å². The zero-order chi connectivity index (χ0) is 17.3. The number of benzene rings is 1. The first-order valence-electron chi connectivity index (χ1n) is 7.28. The summed E-state index contributed by atoms with van der Waals surface area (Å²) in [6, 6.07) is 5.04. The highest BCUT2D eigenvalue weighted by molar-refractivity contribution is 6.30. The average molecular weight is 328 g/mol. The number of esters is 1. The van der Waals surface area contributed by atoms with Crippen LogP contribution in [0.1, 0.15) is 29.0 Å². The van der Waals surface area contributed by atoms with E-state index in [1.807, 2.05) is 0 Å². The summed E-state index contributed by atoms with van der Waals surface area (Å²) in [5, 5.41) is 0. The fourth-order valence-corrected chi connectivity index (χ4v) is 2.54. The first-order chi connectivity index (χ1) is 11.5. The van der Waals surface area contributed by atoms with Gasteiger partial charge in [-0.05, 0) is 19.1 Å². The fraction of sp³-hybridized carbons (Fsp3) is 0.176. The lowest BCUT2D eigenvalue weighted by Gasteiger charge is -2.20. The molecule has 1 atom stereocenters. The second kappa shape index (κ2) is 6.19. The highest BCUT2D eigenvalue weighted by Gasteiger charge is 2.40. The third kappa shape index (κ3) is 2.64. The van der Waals surface area contributed by atoms with E-state index < -0.39 is 29.3 Å². The molecule has 1 aromatic heterocycles. The molecule has 1 aliphatic heterocycles. The van der Waals surface area contributed by atoms with Crippen molar-refractivity contribution in [1.82, 2.24) is 9.55 Å². The van der Waals surface area contributed by atoms with Gasteiger partial charge in [0, 0.05) is 24.2 Å². The van der Waals surface area contributed by atoms with Gasteiger partial charge in [0.2, 0.25) is 0 Å². The molecule has 0 saturated carbocycles. The Labute approximate surface area is 136 Å². The molecular formula is C17H13FN2O4. The molecule has 0 aliphatic carbocycles. The Morgan fingerprint density at radius 2 is 2.17 bits per heavy atom. The minimum atomic E-state index is -1.31. The third-order valence-electron chi connectivity index (χ3n) is 3.62. The van der Waals surface area contributed by atoms with Crippen LogP contribution in [0.5, 0.6) is 0 Å². The number of ketones is 2. The molecule has 6 nitrogen and oxygen atoms in total. The van der Waals surface area contributed by atoms with Crippen LogP contribution < -0.4 is 0 Å². The molecule has 1 unspecified atom stereocenters. The summed E-state index contributed by atoms with van der Waals surface area (Å²) in [5.41, 5.74) is -0.204. The zero-order valence-corrected chi connectivity index (χ0v) is 12.7. The van der Waals surface area contributed by atoms with Crippen molar-refractivity contribution in [3.63, 3.8) is 0 Å². The Hall–Kier alpha value is -3.09. The van der Waals surface area contributed by atoms with E-state index in [2.05, 4.69) is 4.98 Å². The van der Waals surface area contributed by atoms with Crippen LogP contribution in [0.4, 0.5) is 4.39 Å². The normalized spacial score (nSPS) is 16.3. The van der Waals surface area contributed by atoms with Crippen LogP contribution >= 0.6 is 0 Å². The van der Waals surface area contributed by atoms with E-state index in [4.69, 9.17) is 4.74 Å². The molecule has 0 N–H and O–H groups in total. The number of ether oxygens (including phenoxy) is 1. The maximum absolute atomic E-state index is 13.4. The quantitative estimate of drug-likeness (QED) is 0.371. The molecule has 24 heavy (non-hydrogen) atoms. The molecule has 0 spiro atoms. The van der Waals surface area contributed by atoms with Gasteiger partial charge in [0.1, 0.15) is 23.1 Å². The van der Waals surface area contributed by atoms with Gasteiger partial charge in [0.05, 0.1) is 6.61 Å². The Morgan fingerprint density at radius 1 is 1.38 bits per heavy atom. The van der Waals surface area contributed by atoms with Crippen LogP contribution in [0, 0.1) is 5.82 Å². The molecule has 0 radical (unpaired) electrons. The van der Waals surface area contributed by atoms with Crippen LogP contribution in [0.3, 0.4) is 0 Å². The van der Waals surface area contributed by atoms with E-state index in [0.717, 1.165) is 6.07 Å². The van der Waals surface area contributed by atoms with E-state index >= 15 is 0 Å². The number of rotatable bonds is 4. The molecule has 122 valence electrons. The van der Waals surface area contributed by atoms with Crippen molar-refractivity contribution in [2.24, 2.45) is 0 Å². The summed E-state index contributed by atoms with van der Waals surface area (Å²) in [4.78, 5) is 41.4. The number of aromatic nitrogens is 2. The summed E-state index contributed by atoms with van der Waals surface area (Å²) < 4.78 is 19.7. The van der Waals surface area contributed by atoms with Gasteiger partial charge in [-0.15, -0.1) is 0 Å². The van der Waals surface area contributed by atoms with Crippen LogP contribution in [-0.4, -0.2) is 33.7 Å². The molecule has 3 rings (SSSR count). The molecular weight excluding hydrogens is 315 g/mol. The highest BCUT2D eigenvalue weighted by Crippen LogP contribution is 2.29. The predicted octanol–water partition coefficient (Wildman–Crippen LogP) is 1.98. The largest absolute Gasteiger partial charge is 0.462 e. The number of carbonyl (C=O) groups excluding carboxylic acids is 3. The smallest absolute Gasteiger partial charge is 0.343 e. The van der Waals surface area contributed by atoms with Crippen molar-refractivity contribution in [1.29, 1.82) is 0 Å². The molecule has 2 aromatic rings. The maximum atomic E-state index is 13.4. The van der Waals surface area contributed by atoms with Crippen LogP contribution in [0.2, 0.25) is 0 Å². The Kier molecular flexibility index (Phi) is 4.07. The topological polar surface area (TPSA) is 78.3 Å². The minimum absolute atomic E-state index is 0.0352. The fourth-order valence-electron chi connectivity index (χ4n) is 2.54. The monoisotopic (exact) mass is 328 g/mol. The van der Waals surface area contributed by atoms with Crippen LogP contribution in [0.25, 0.3) is 6.20 Å². The summed E-state index contributed by atoms with van der Waals surface area (Å²) in [6.45, 7) is 1.71. The average Bonchev–Trinajstić information content (AvgIpc) is 3.02. The summed E-state index contributed by atoms with van der Waals surface area (Å²) in [7, 11) is 0. The van der Waals surface area contributed by atoms with Gasteiger partial charge in [-0.3, -0.25) is 9.59 Å². The number of hydrogen-bond acceptors (Lipinski definition) is 5. The molecule has 2 heterocycles. The van der Waals surface area contributed by atoms with Crippen LogP contribution in [-0.2, 0) is 14.3 Å². The number of fused-ring (bicyclic) bond motifs is 1. The zero-order valence-electron chi connectivity index (χ0n) is 12.7. The van der Waals surface area contributed by atoms with Crippen molar-refractivity contribution in [2.45, 2.75) is 12.8 Å². The van der Waals surface area contributed by atoms with Crippen molar-refractivity contribution < 1.29 is 23.5 Å². The lowest BCUT2D eigenvalue weighted by molar-refractivity contribution is -0.140. The standard InChI is InChI=1S/C17H13FN2O4/c1-2-24-17(23)12-9-20-7-6-19-16(20)13(15(12)22)14(21)10-4-3-5-11(18)8-10/h3-9,13H,2H2,1H3. The first kappa shape index (κ1) is 15.8. The Balaban J connectivity index is 2.05. The number of halogens is 1. The molecule has 0 fully saturated rings. The van der Waals surface area contributed by atoms with Crippen molar-refractivity contribution in [2.75, 3.05) is 6.61 Å². The number of Topliss-reactive ketones (excluding diaryl/α,β-unsaturated/α-hetero) is 2. The van der Waals surface area contributed by atoms with E-state index in [0.29, 0.717) is 0 Å². The van der Waals surface area contributed by atoms with Crippen LogP contribution in [0.15, 0.2) is 42.2 Å². The second-order valence-electron chi connectivity index (χ2n) is 5.13. The maximum Gasteiger partial charge on any atom is 0.343 e. The van der Waals surface area contributed by atoms with Crippen molar-refractivity contribution in [3.05, 3.63) is 59.4 Å². The third-order valence-corrected chi connectivity index (χ3v) is 3.62. The number of hydrogen-bond donors (Lipinski definition) is 0. The second-order valence-corrected chi connectivity index (χ2v) is 5.13. The Morgan fingerprint density at radius 3 is 2.88 bits per heavy atom. The van der Waals surface area contributed by atoms with Gasteiger partial charge in [-0.1, -0.05) is 12.1 Å². The molecule has 0 amide bonds. The number of nitrogens with zero attached hydrogens (tertiary/aromatic N) is 2. The lowest BCUT2D eigenvalue weighted by Crippen LogP contribution is -2.32. The van der Waals surface area contributed by atoms with Gasteiger partial charge in [0.25, 0.3) is 0 Å². The summed E-state index contributed by atoms with van der Waals surface area (Å²) in [6.07, 6.45) is 4.23. The van der Waals surface area contributed by atoms with Gasteiger partial charge in [0.15, 0.2) is 11.6 Å². The molecule has 0 bridgehead atoms.